The van der Waals surface area contributed by atoms with Crippen molar-refractivity contribution in [2.45, 2.75) is 121 Å². The summed E-state index contributed by atoms with van der Waals surface area (Å²) in [5.74, 6) is 5.32. The summed E-state index contributed by atoms with van der Waals surface area (Å²) in [6.07, 6.45) is 21.4. The van der Waals surface area contributed by atoms with E-state index in [9.17, 15) is 10.2 Å². The fourth-order valence-corrected chi connectivity index (χ4v) is 11.8. The third-order valence-corrected chi connectivity index (χ3v) is 14.9. The number of benzene rings is 2. The Labute approximate surface area is 368 Å². The molecule has 4 saturated carbocycles. The van der Waals surface area contributed by atoms with Crippen LogP contribution in [0, 0.1) is 23.7 Å². The largest absolute Gasteiger partial charge is 1.00 e. The number of aliphatic hydroxyl groups is 2. The van der Waals surface area contributed by atoms with Gasteiger partial charge in [0, 0.05) is 25.7 Å². The molecule has 2 heterocycles. The van der Waals surface area contributed by atoms with Crippen LogP contribution < -0.4 is 57.4 Å². The number of likely N-dealkylation sites (N-methyl/N-ethyl adjacent to an activating group) is 2. The quantitative estimate of drug-likeness (QED) is 0.122. The minimum absolute atomic E-state index is 0. The van der Waals surface area contributed by atoms with E-state index in [0.717, 1.165) is 70.2 Å². The molecule has 0 radical (unpaired) electrons. The number of allylic oxidation sites excluding steroid dienone is 1. The molecular formula is C47H72I2N2O4. The van der Waals surface area contributed by atoms with Crippen molar-refractivity contribution in [1.29, 1.82) is 0 Å². The van der Waals surface area contributed by atoms with Crippen molar-refractivity contribution < 1.29 is 76.6 Å². The summed E-state index contributed by atoms with van der Waals surface area (Å²) < 4.78 is 14.6. The summed E-state index contributed by atoms with van der Waals surface area (Å²) in [5, 5.41) is 19.5. The molecule has 4 atom stereocenters. The van der Waals surface area contributed by atoms with Gasteiger partial charge in [-0.05, 0) is 148 Å². The number of quaternary nitrogens is 2. The first kappa shape index (κ1) is 45.2. The number of aliphatic hydroxyl groups excluding tert-OH is 2. The van der Waals surface area contributed by atoms with E-state index in [-0.39, 0.29) is 48.0 Å². The number of hydrogen-bond acceptors (Lipinski definition) is 4. The number of hydrogen-bond donors (Lipinski definition) is 2. The molecule has 8 heteroatoms. The third-order valence-electron chi connectivity index (χ3n) is 14.9. The summed E-state index contributed by atoms with van der Waals surface area (Å²) in [6.45, 7) is 7.04. The number of ether oxygens (including phenoxy) is 2. The van der Waals surface area contributed by atoms with Crippen LogP contribution in [0.3, 0.4) is 0 Å². The standard InChI is InChI=1S/C47H72N2O4.2HI/c1-48(25-11-13-42(48)34-50)23-7-3-5-9-27-52-44-19-15-38(16-20-44)46(47-40-30-36-29-37(32-40)33-41(47)31-36)39-17-21-45(22-18-39)53-28-10-6-4-8-24-49(2)26-12-14-43(49)35-51;;/h15-22,36-37,40-43,50-51H,3-14,23-35H2,1-2H3;2*1H/q+2;;/p-2/t36?,37?,40?,41?,42-,43-,48+,49+;;/m0../s1. The van der Waals surface area contributed by atoms with Crippen molar-refractivity contribution in [2.75, 3.05) is 66.7 Å². The first-order valence-corrected chi connectivity index (χ1v) is 22.0. The Hall–Kier alpha value is -0.920. The van der Waals surface area contributed by atoms with E-state index < -0.39 is 0 Å². The van der Waals surface area contributed by atoms with Crippen LogP contribution >= 0.6 is 0 Å². The summed E-state index contributed by atoms with van der Waals surface area (Å²) in [6, 6.07) is 19.0. The average molecular weight is 983 g/mol. The van der Waals surface area contributed by atoms with Gasteiger partial charge in [-0.1, -0.05) is 29.8 Å². The van der Waals surface area contributed by atoms with Gasteiger partial charge in [0.2, 0.25) is 0 Å². The topological polar surface area (TPSA) is 58.9 Å². The average Bonchev–Trinajstić information content (AvgIpc) is 3.73. The summed E-state index contributed by atoms with van der Waals surface area (Å²) in [5.41, 5.74) is 5.89. The highest BCUT2D eigenvalue weighted by atomic mass is 127. The van der Waals surface area contributed by atoms with Gasteiger partial charge in [-0.2, -0.15) is 0 Å². The lowest BCUT2D eigenvalue weighted by Gasteiger charge is -2.52. The van der Waals surface area contributed by atoms with E-state index in [1.807, 2.05) is 0 Å². The summed E-state index contributed by atoms with van der Waals surface area (Å²) in [4.78, 5) is 0. The minimum atomic E-state index is 0. The van der Waals surface area contributed by atoms with Crippen LogP contribution in [-0.4, -0.2) is 98.0 Å². The lowest BCUT2D eigenvalue weighted by atomic mass is 9.53. The zero-order valence-electron chi connectivity index (χ0n) is 34.1. The maximum absolute atomic E-state index is 9.76. The first-order valence-electron chi connectivity index (χ1n) is 22.0. The van der Waals surface area contributed by atoms with Gasteiger partial charge in [0.1, 0.15) is 23.6 Å². The van der Waals surface area contributed by atoms with Crippen LogP contribution in [-0.2, 0) is 0 Å². The van der Waals surface area contributed by atoms with Crippen molar-refractivity contribution in [3.63, 3.8) is 0 Å². The Morgan fingerprint density at radius 2 is 0.964 bits per heavy atom. The fourth-order valence-electron chi connectivity index (χ4n) is 11.8. The smallest absolute Gasteiger partial charge is 0.119 e. The van der Waals surface area contributed by atoms with E-state index in [2.05, 4.69) is 62.6 Å². The van der Waals surface area contributed by atoms with Crippen molar-refractivity contribution in [3.05, 3.63) is 65.2 Å². The molecule has 6 fully saturated rings. The molecule has 8 rings (SSSR count). The normalized spacial score (nSPS) is 30.6. The maximum Gasteiger partial charge on any atom is 0.119 e. The number of nitrogens with zero attached hydrogens (tertiary/aromatic N) is 2. The summed E-state index contributed by atoms with van der Waals surface area (Å²) >= 11 is 0. The third kappa shape index (κ3) is 11.2. The van der Waals surface area contributed by atoms with Crippen molar-refractivity contribution in [1.82, 2.24) is 0 Å². The molecule has 55 heavy (non-hydrogen) atoms. The highest BCUT2D eigenvalue weighted by molar-refractivity contribution is 5.83. The van der Waals surface area contributed by atoms with Crippen LogP contribution in [0.5, 0.6) is 11.5 Å². The molecule has 4 bridgehead atoms. The Morgan fingerprint density at radius 1 is 0.564 bits per heavy atom. The maximum atomic E-state index is 9.76. The van der Waals surface area contributed by atoms with Crippen LogP contribution in [0.2, 0.25) is 0 Å². The molecule has 0 unspecified atom stereocenters. The SMILES string of the molecule is C[N@@+]1(CCCCCCOc2ccc(C(=C3C4CC5CC(C4)CC3C5)c3ccc(OCCCCCC[N@+]4(C)CCC[C@H]4CO)cc3)cc2)CCC[C@H]1CO.[I-].[I-]. The molecule has 2 N–H and O–H groups in total. The van der Waals surface area contributed by atoms with Crippen LogP contribution in [0.25, 0.3) is 5.57 Å². The fraction of sp³-hybridized carbons (Fsp3) is 0.702. The van der Waals surface area contributed by atoms with Gasteiger partial charge in [-0.15, -0.1) is 0 Å². The van der Waals surface area contributed by atoms with Crippen LogP contribution in [0.15, 0.2) is 54.1 Å². The second kappa shape index (κ2) is 21.4. The predicted molar refractivity (Wildman–Crippen MR) is 216 cm³/mol. The number of halogens is 2. The van der Waals surface area contributed by atoms with E-state index in [1.54, 1.807) is 5.57 Å². The van der Waals surface area contributed by atoms with Gasteiger partial charge in [0.15, 0.2) is 0 Å². The summed E-state index contributed by atoms with van der Waals surface area (Å²) in [7, 11) is 4.68. The van der Waals surface area contributed by atoms with E-state index in [4.69, 9.17) is 9.47 Å². The Morgan fingerprint density at radius 3 is 1.36 bits per heavy atom. The second-order valence-electron chi connectivity index (χ2n) is 18.5. The zero-order valence-corrected chi connectivity index (χ0v) is 38.4. The van der Waals surface area contributed by atoms with E-state index >= 15 is 0 Å². The second-order valence-corrected chi connectivity index (χ2v) is 18.5. The van der Waals surface area contributed by atoms with E-state index in [0.29, 0.717) is 25.3 Å². The molecule has 2 aromatic rings. The highest BCUT2D eigenvalue weighted by Crippen LogP contribution is 2.58. The number of rotatable bonds is 20. The van der Waals surface area contributed by atoms with Gasteiger partial charge in [0.05, 0.1) is 66.7 Å². The number of likely N-dealkylation sites (tertiary alicyclic amines) is 2. The molecule has 2 aromatic carbocycles. The molecule has 0 amide bonds. The lowest BCUT2D eigenvalue weighted by molar-refractivity contribution is -0.921. The molecule has 2 aliphatic heterocycles. The Balaban J connectivity index is 0.00000290. The molecule has 308 valence electrons. The first-order chi connectivity index (χ1) is 25.9. The van der Waals surface area contributed by atoms with Crippen molar-refractivity contribution >= 4 is 5.57 Å². The molecule has 6 nitrogen and oxygen atoms in total. The van der Waals surface area contributed by atoms with Gasteiger partial charge >= 0.3 is 0 Å². The molecule has 0 spiro atoms. The van der Waals surface area contributed by atoms with Crippen LogP contribution in [0.4, 0.5) is 0 Å². The highest BCUT2D eigenvalue weighted by Gasteiger charge is 2.46. The minimum Gasteiger partial charge on any atom is -1.00 e. The lowest BCUT2D eigenvalue weighted by Crippen LogP contribution is -3.00. The van der Waals surface area contributed by atoms with Crippen LogP contribution in [0.1, 0.15) is 120 Å². The van der Waals surface area contributed by atoms with Gasteiger partial charge in [0.25, 0.3) is 0 Å². The monoisotopic (exact) mass is 982 g/mol. The zero-order chi connectivity index (χ0) is 36.7. The van der Waals surface area contributed by atoms with Gasteiger partial charge in [-0.25, -0.2) is 0 Å². The van der Waals surface area contributed by atoms with Gasteiger partial charge < -0.3 is 76.6 Å². The predicted octanol–water partition coefficient (Wildman–Crippen LogP) is 3.03. The molecule has 0 aromatic heterocycles. The Bertz CT molecular complexity index is 1370. The molecule has 6 aliphatic rings. The number of unbranched alkanes of at least 4 members (excludes halogenated alkanes) is 6. The van der Waals surface area contributed by atoms with Crippen molar-refractivity contribution in [2.24, 2.45) is 23.7 Å². The van der Waals surface area contributed by atoms with Gasteiger partial charge in [-0.3, -0.25) is 0 Å². The molecule has 2 saturated heterocycles. The van der Waals surface area contributed by atoms with Crippen molar-refractivity contribution in [3.8, 4) is 11.5 Å². The Kier molecular flexibility index (Phi) is 17.6. The molecular weight excluding hydrogens is 910 g/mol. The van der Waals surface area contributed by atoms with E-state index in [1.165, 1.54) is 139 Å². The molecule has 4 aliphatic carbocycles.